The first-order valence-electron chi connectivity index (χ1n) is 5.96. The van der Waals surface area contributed by atoms with Crippen molar-refractivity contribution in [2.75, 3.05) is 12.9 Å². The molecule has 2 fully saturated rings. The minimum atomic E-state index is -0.108. The van der Waals surface area contributed by atoms with Gasteiger partial charge in [0.25, 0.3) is 0 Å². The first-order valence-corrected chi connectivity index (χ1v) is 7.42. The molecule has 2 heterocycles. The number of methoxy groups -OCH3 is 1. The molecule has 0 aromatic carbocycles. The molecule has 0 aromatic rings. The van der Waals surface area contributed by atoms with Gasteiger partial charge in [0.1, 0.15) is 0 Å². The van der Waals surface area contributed by atoms with E-state index in [1.165, 1.54) is 7.11 Å². The predicted molar refractivity (Wildman–Crippen MR) is 73.2 cm³/mol. The second-order valence-corrected chi connectivity index (χ2v) is 6.12. The maximum atomic E-state index is 11.0. The summed E-state index contributed by atoms with van der Waals surface area (Å²) in [5, 5.41) is 8.03. The van der Waals surface area contributed by atoms with Crippen molar-refractivity contribution in [1.29, 1.82) is 0 Å². The Morgan fingerprint density at radius 3 is 3.12 bits per heavy atom. The monoisotopic (exact) mass is 274 g/mol. The lowest BCUT2D eigenvalue weighted by molar-refractivity contribution is -0.140. The Morgan fingerprint density at radius 2 is 2.35 bits per heavy atom. The second-order valence-electron chi connectivity index (χ2n) is 4.44. The van der Waals surface area contributed by atoms with Gasteiger partial charge in [-0.2, -0.15) is 11.8 Å². The number of fused-ring (bicyclic) bond motifs is 1. The zero-order chi connectivity index (χ0) is 12.3. The fourth-order valence-corrected chi connectivity index (χ4v) is 4.19. The van der Waals surface area contributed by atoms with Crippen LogP contribution in [0, 0.1) is 0 Å². The molecule has 3 unspecified atom stereocenters. The van der Waals surface area contributed by atoms with Crippen molar-refractivity contribution >= 4 is 35.1 Å². The topological polar surface area (TPSA) is 50.4 Å². The highest BCUT2D eigenvalue weighted by atomic mass is 32.2. The molecule has 2 rings (SSSR count). The molecule has 96 valence electrons. The van der Waals surface area contributed by atoms with Crippen LogP contribution in [0.25, 0.3) is 0 Å². The Balaban J connectivity index is 1.66. The largest absolute Gasteiger partial charge is 0.469 e. The van der Waals surface area contributed by atoms with Crippen molar-refractivity contribution in [2.24, 2.45) is 0 Å². The van der Waals surface area contributed by atoms with E-state index in [0.717, 1.165) is 30.1 Å². The maximum Gasteiger partial charge on any atom is 0.305 e. The summed E-state index contributed by atoms with van der Waals surface area (Å²) in [5.74, 6) is 1.02. The Morgan fingerprint density at radius 1 is 1.53 bits per heavy atom. The summed E-state index contributed by atoms with van der Waals surface area (Å²) in [6, 6.07) is 0.976. The lowest BCUT2D eigenvalue weighted by Crippen LogP contribution is -2.36. The van der Waals surface area contributed by atoms with Crippen LogP contribution in [0.1, 0.15) is 25.7 Å². The molecule has 0 saturated carbocycles. The van der Waals surface area contributed by atoms with Crippen LogP contribution in [-0.4, -0.2) is 41.3 Å². The quantitative estimate of drug-likeness (QED) is 0.444. The van der Waals surface area contributed by atoms with Gasteiger partial charge < -0.3 is 15.4 Å². The average molecular weight is 274 g/mol. The van der Waals surface area contributed by atoms with Crippen LogP contribution in [0.5, 0.6) is 0 Å². The highest BCUT2D eigenvalue weighted by molar-refractivity contribution is 8.00. The summed E-state index contributed by atoms with van der Waals surface area (Å²) in [4.78, 5) is 11.0. The van der Waals surface area contributed by atoms with E-state index in [0.29, 0.717) is 23.8 Å². The molecular weight excluding hydrogens is 256 g/mol. The summed E-state index contributed by atoms with van der Waals surface area (Å²) in [6.07, 6.45) is 3.66. The highest BCUT2D eigenvalue weighted by Gasteiger charge is 2.41. The molecule has 2 saturated heterocycles. The van der Waals surface area contributed by atoms with Gasteiger partial charge in [0.05, 0.1) is 19.2 Å². The summed E-state index contributed by atoms with van der Waals surface area (Å²) in [5.41, 5.74) is 0. The van der Waals surface area contributed by atoms with Gasteiger partial charge in [0, 0.05) is 17.4 Å². The number of hydrogen-bond acceptors (Lipinski definition) is 4. The highest BCUT2D eigenvalue weighted by Crippen LogP contribution is 2.33. The van der Waals surface area contributed by atoms with E-state index < -0.39 is 0 Å². The average Bonchev–Trinajstić information content (AvgIpc) is 2.84. The zero-order valence-corrected chi connectivity index (χ0v) is 11.5. The molecule has 0 spiro atoms. The van der Waals surface area contributed by atoms with Crippen molar-refractivity contribution in [1.82, 2.24) is 10.6 Å². The Bertz CT molecular complexity index is 312. The molecular formula is C11H18N2O2S2. The van der Waals surface area contributed by atoms with Crippen molar-refractivity contribution in [3.05, 3.63) is 0 Å². The van der Waals surface area contributed by atoms with Crippen LogP contribution in [0.2, 0.25) is 0 Å². The SMILES string of the molecule is COC(=O)CCCCC1SCC2NC(=S)NC21. The van der Waals surface area contributed by atoms with Crippen molar-refractivity contribution < 1.29 is 9.53 Å². The number of thioether (sulfide) groups is 1. The normalized spacial score (nSPS) is 30.6. The van der Waals surface area contributed by atoms with Gasteiger partial charge in [-0.05, 0) is 25.1 Å². The second kappa shape index (κ2) is 5.91. The van der Waals surface area contributed by atoms with E-state index >= 15 is 0 Å². The third kappa shape index (κ3) is 3.25. The van der Waals surface area contributed by atoms with Gasteiger partial charge in [-0.25, -0.2) is 0 Å². The van der Waals surface area contributed by atoms with Gasteiger partial charge in [-0.15, -0.1) is 0 Å². The van der Waals surface area contributed by atoms with Crippen molar-refractivity contribution in [2.45, 2.75) is 43.0 Å². The van der Waals surface area contributed by atoms with Crippen LogP contribution in [0.3, 0.4) is 0 Å². The van der Waals surface area contributed by atoms with Gasteiger partial charge in [0.2, 0.25) is 0 Å². The van der Waals surface area contributed by atoms with E-state index in [1.807, 2.05) is 11.8 Å². The standard InChI is InChI=1S/C11H18N2O2S2/c1-15-9(14)5-3-2-4-8-10-7(6-17-8)12-11(16)13-10/h7-8,10H,2-6H2,1H3,(H2,12,13,16). The maximum absolute atomic E-state index is 11.0. The third-order valence-corrected chi connectivity index (χ3v) is 5.03. The van der Waals surface area contributed by atoms with E-state index in [-0.39, 0.29) is 5.97 Å². The van der Waals surface area contributed by atoms with Gasteiger partial charge >= 0.3 is 5.97 Å². The zero-order valence-electron chi connectivity index (χ0n) is 9.90. The Kier molecular flexibility index (Phi) is 4.50. The molecule has 2 aliphatic heterocycles. The number of thiocarbonyl (C=S) groups is 1. The molecule has 2 aliphatic rings. The fraction of sp³-hybridized carbons (Fsp3) is 0.818. The first kappa shape index (κ1) is 13.0. The summed E-state index contributed by atoms with van der Waals surface area (Å²) in [6.45, 7) is 0. The molecule has 0 radical (unpaired) electrons. The van der Waals surface area contributed by atoms with E-state index in [1.54, 1.807) is 0 Å². The minimum absolute atomic E-state index is 0.108. The molecule has 17 heavy (non-hydrogen) atoms. The summed E-state index contributed by atoms with van der Waals surface area (Å²) < 4.78 is 4.62. The molecule has 3 atom stereocenters. The summed E-state index contributed by atoms with van der Waals surface area (Å²) in [7, 11) is 1.44. The predicted octanol–water partition coefficient (Wildman–Crippen LogP) is 1.05. The lowest BCUT2D eigenvalue weighted by atomic mass is 10.0. The number of hydrogen-bond donors (Lipinski definition) is 2. The number of carbonyl (C=O) groups is 1. The Hall–Kier alpha value is -0.490. The van der Waals surface area contributed by atoms with Crippen LogP contribution >= 0.6 is 24.0 Å². The molecule has 0 amide bonds. The third-order valence-electron chi connectivity index (χ3n) is 3.29. The number of carbonyl (C=O) groups excluding carboxylic acids is 1. The van der Waals surface area contributed by atoms with E-state index in [4.69, 9.17) is 12.2 Å². The smallest absolute Gasteiger partial charge is 0.305 e. The van der Waals surface area contributed by atoms with Crippen molar-refractivity contribution in [3.63, 3.8) is 0 Å². The summed E-state index contributed by atoms with van der Waals surface area (Å²) >= 11 is 7.12. The van der Waals surface area contributed by atoms with Crippen LogP contribution in [0.15, 0.2) is 0 Å². The van der Waals surface area contributed by atoms with Crippen LogP contribution in [-0.2, 0) is 9.53 Å². The van der Waals surface area contributed by atoms with Crippen molar-refractivity contribution in [3.8, 4) is 0 Å². The van der Waals surface area contributed by atoms with Crippen LogP contribution < -0.4 is 10.6 Å². The fourth-order valence-electron chi connectivity index (χ4n) is 2.36. The Labute approximate surface area is 111 Å². The number of ether oxygens (including phenoxy) is 1. The van der Waals surface area contributed by atoms with Gasteiger partial charge in [0.15, 0.2) is 5.11 Å². The number of esters is 1. The molecule has 0 aromatic heterocycles. The molecule has 0 bridgehead atoms. The van der Waals surface area contributed by atoms with Crippen LogP contribution in [0.4, 0.5) is 0 Å². The number of rotatable bonds is 5. The number of nitrogens with one attached hydrogen (secondary N) is 2. The van der Waals surface area contributed by atoms with Gasteiger partial charge in [-0.3, -0.25) is 4.79 Å². The lowest BCUT2D eigenvalue weighted by Gasteiger charge is -2.16. The number of unbranched alkanes of at least 4 members (excludes halogenated alkanes) is 1. The van der Waals surface area contributed by atoms with E-state index in [2.05, 4.69) is 15.4 Å². The molecule has 2 N–H and O–H groups in total. The first-order chi connectivity index (χ1) is 8.20. The molecule has 6 heteroatoms. The van der Waals surface area contributed by atoms with E-state index in [9.17, 15) is 4.79 Å². The van der Waals surface area contributed by atoms with Gasteiger partial charge in [-0.1, -0.05) is 6.42 Å². The molecule has 4 nitrogen and oxygen atoms in total. The molecule has 0 aliphatic carbocycles. The minimum Gasteiger partial charge on any atom is -0.469 e.